The van der Waals surface area contributed by atoms with Crippen LogP contribution in [-0.4, -0.2) is 22.6 Å². The summed E-state index contributed by atoms with van der Waals surface area (Å²) < 4.78 is 0. The number of ketones is 2. The van der Waals surface area contributed by atoms with Gasteiger partial charge in [0, 0.05) is 11.1 Å². The van der Waals surface area contributed by atoms with Crippen LogP contribution in [0.5, 0.6) is 0 Å². The van der Waals surface area contributed by atoms with Crippen molar-refractivity contribution < 1.29 is 9.59 Å². The Bertz CT molecular complexity index is 2490. The Morgan fingerprint density at radius 2 is 0.672 bits per heavy atom. The largest absolute Gasteiger partial charge is 0.317 e. The van der Waals surface area contributed by atoms with Crippen LogP contribution in [0, 0.1) is 0 Å². The second-order valence-electron chi connectivity index (χ2n) is 15.2. The molecule has 4 N–H and O–H groups in total. The molecule has 2 unspecified atom stereocenters. The quantitative estimate of drug-likeness (QED) is 0.108. The summed E-state index contributed by atoms with van der Waals surface area (Å²) in [5.41, 5.74) is 13.1. The van der Waals surface area contributed by atoms with Crippen LogP contribution in [0.4, 0.5) is 0 Å². The minimum absolute atomic E-state index is 0.274. The highest BCUT2D eigenvalue weighted by Gasteiger charge is 2.58. The molecule has 6 heteroatoms. The zero-order chi connectivity index (χ0) is 39.7. The fourth-order valence-electron chi connectivity index (χ4n) is 8.86. The lowest BCUT2D eigenvalue weighted by molar-refractivity contribution is 0.0590. The molecule has 0 saturated heterocycles. The SMILES string of the molecule is NC1(C(=O)c2c(P(c3ccccc3)c3ccccc3)ccc3ccccc23)CCCCC1(N)C(=O)c1c(P(c2ccccc2)c2ccccc2)ccc2ccccc12. The number of hydrogen-bond donors (Lipinski definition) is 2. The summed E-state index contributed by atoms with van der Waals surface area (Å²) in [6, 6.07) is 66.0. The van der Waals surface area contributed by atoms with Gasteiger partial charge >= 0.3 is 0 Å². The number of carbonyl (C=O) groups is 2. The number of carbonyl (C=O) groups excluding carboxylic acids is 2. The second kappa shape index (κ2) is 16.0. The zero-order valence-electron chi connectivity index (χ0n) is 32.2. The highest BCUT2D eigenvalue weighted by Crippen LogP contribution is 2.45. The van der Waals surface area contributed by atoms with Gasteiger partial charge in [0.25, 0.3) is 0 Å². The normalized spacial score (nSPS) is 18.1. The Labute approximate surface area is 342 Å². The molecule has 2 atom stereocenters. The van der Waals surface area contributed by atoms with E-state index in [1.807, 2.05) is 121 Å². The highest BCUT2D eigenvalue weighted by atomic mass is 31.1. The number of hydrogen-bond acceptors (Lipinski definition) is 4. The van der Waals surface area contributed by atoms with Gasteiger partial charge in [-0.15, -0.1) is 0 Å². The first-order valence-corrected chi connectivity index (χ1v) is 22.6. The molecule has 0 radical (unpaired) electrons. The molecule has 1 aliphatic rings. The number of Topliss-reactive ketones (excluding diaryl/α,β-unsaturated/α-hetero) is 2. The van der Waals surface area contributed by atoms with E-state index in [2.05, 4.69) is 72.8 Å². The van der Waals surface area contributed by atoms with E-state index in [-0.39, 0.29) is 24.4 Å². The Balaban J connectivity index is 1.27. The van der Waals surface area contributed by atoms with Crippen LogP contribution in [0.25, 0.3) is 21.5 Å². The molecule has 0 aliphatic heterocycles. The van der Waals surface area contributed by atoms with Gasteiger partial charge in [-0.1, -0.05) is 207 Å². The van der Waals surface area contributed by atoms with Crippen LogP contribution in [-0.2, 0) is 0 Å². The monoisotopic (exact) mass is 790 g/mol. The number of benzene rings is 8. The predicted molar refractivity (Wildman–Crippen MR) is 246 cm³/mol. The van der Waals surface area contributed by atoms with Crippen molar-refractivity contribution in [1.29, 1.82) is 0 Å². The summed E-state index contributed by atoms with van der Waals surface area (Å²) in [6.07, 6.45) is 1.95. The van der Waals surface area contributed by atoms with Gasteiger partial charge in [-0.05, 0) is 82.1 Å². The lowest BCUT2D eigenvalue weighted by Crippen LogP contribution is -2.75. The summed E-state index contributed by atoms with van der Waals surface area (Å²) in [5, 5.41) is 9.80. The summed E-state index contributed by atoms with van der Waals surface area (Å²) in [6.45, 7) is 0. The summed E-state index contributed by atoms with van der Waals surface area (Å²) in [7, 11) is -2.39. The average Bonchev–Trinajstić information content (AvgIpc) is 3.28. The van der Waals surface area contributed by atoms with Crippen molar-refractivity contribution in [3.63, 3.8) is 0 Å². The van der Waals surface area contributed by atoms with E-state index in [4.69, 9.17) is 11.5 Å². The molecule has 58 heavy (non-hydrogen) atoms. The second-order valence-corrected chi connectivity index (χ2v) is 19.6. The maximum atomic E-state index is 16.1. The van der Waals surface area contributed by atoms with Crippen molar-refractivity contribution in [2.75, 3.05) is 0 Å². The van der Waals surface area contributed by atoms with Crippen LogP contribution < -0.4 is 43.3 Å². The van der Waals surface area contributed by atoms with Gasteiger partial charge in [0.15, 0.2) is 11.6 Å². The van der Waals surface area contributed by atoms with Crippen LogP contribution in [0.2, 0.25) is 0 Å². The predicted octanol–water partition coefficient (Wildman–Crippen LogP) is 8.54. The molecule has 0 bridgehead atoms. The van der Waals surface area contributed by atoms with Crippen molar-refractivity contribution >= 4 is 80.8 Å². The third kappa shape index (κ3) is 6.61. The van der Waals surface area contributed by atoms with E-state index in [1.54, 1.807) is 0 Å². The van der Waals surface area contributed by atoms with E-state index in [0.29, 0.717) is 24.0 Å². The lowest BCUT2D eigenvalue weighted by Gasteiger charge is -2.48. The molecule has 0 spiro atoms. The molecule has 4 nitrogen and oxygen atoms in total. The summed E-state index contributed by atoms with van der Waals surface area (Å²) in [4.78, 5) is 32.1. The third-order valence-corrected chi connectivity index (χ3v) is 16.8. The Hall–Kier alpha value is -5.60. The van der Waals surface area contributed by atoms with E-state index in [1.165, 1.54) is 0 Å². The first-order chi connectivity index (χ1) is 28.4. The van der Waals surface area contributed by atoms with E-state index in [0.717, 1.165) is 53.4 Å². The molecule has 1 aliphatic carbocycles. The van der Waals surface area contributed by atoms with Crippen molar-refractivity contribution in [2.24, 2.45) is 11.5 Å². The van der Waals surface area contributed by atoms with E-state index in [9.17, 15) is 0 Å². The Morgan fingerprint density at radius 3 is 1.00 bits per heavy atom. The summed E-state index contributed by atoms with van der Waals surface area (Å²) >= 11 is 0. The van der Waals surface area contributed by atoms with E-state index < -0.39 is 26.9 Å². The molecule has 0 aromatic heterocycles. The average molecular weight is 791 g/mol. The smallest absolute Gasteiger partial charge is 0.186 e. The first kappa shape index (κ1) is 37.9. The van der Waals surface area contributed by atoms with Gasteiger partial charge in [0.1, 0.15) is 11.1 Å². The molecule has 8 aromatic carbocycles. The molecular formula is C52H44N2O2P2. The first-order valence-electron chi connectivity index (χ1n) is 19.9. The minimum atomic E-state index is -1.70. The molecular weight excluding hydrogens is 747 g/mol. The molecule has 9 rings (SSSR count). The van der Waals surface area contributed by atoms with Crippen molar-refractivity contribution in [3.05, 3.63) is 205 Å². The van der Waals surface area contributed by atoms with Gasteiger partial charge in [0.05, 0.1) is 0 Å². The number of rotatable bonds is 10. The van der Waals surface area contributed by atoms with Crippen LogP contribution >= 0.6 is 15.8 Å². The zero-order valence-corrected chi connectivity index (χ0v) is 34.0. The van der Waals surface area contributed by atoms with Crippen LogP contribution in [0.1, 0.15) is 46.4 Å². The fourth-order valence-corrected chi connectivity index (χ4v) is 13.8. The standard InChI is InChI=1S/C52H44N2O2P2/c53-51(49(55)47-43-29-15-13-19-37(43)31-33-45(47)57(39-21-5-1-6-22-39)40-23-7-2-8-24-40)35-17-18-36-52(51,54)50(56)48-44-30-16-14-20-38(44)32-34-46(48)58(41-25-9-3-10-26-41)42-27-11-4-12-28-42/h1-16,19-34H,17-18,35-36,53-54H2. The molecule has 0 heterocycles. The van der Waals surface area contributed by atoms with Gasteiger partial charge in [0.2, 0.25) is 0 Å². The topological polar surface area (TPSA) is 86.2 Å². The van der Waals surface area contributed by atoms with Crippen molar-refractivity contribution in [2.45, 2.75) is 36.8 Å². The van der Waals surface area contributed by atoms with Gasteiger partial charge < -0.3 is 11.5 Å². The molecule has 0 amide bonds. The number of fused-ring (bicyclic) bond motifs is 2. The maximum absolute atomic E-state index is 16.1. The third-order valence-electron chi connectivity index (χ3n) is 11.8. The number of nitrogens with two attached hydrogens (primary N) is 2. The molecule has 1 saturated carbocycles. The fraction of sp³-hybridized carbons (Fsp3) is 0.115. The van der Waals surface area contributed by atoms with Crippen LogP contribution in [0.15, 0.2) is 194 Å². The maximum Gasteiger partial charge on any atom is 0.186 e. The van der Waals surface area contributed by atoms with Gasteiger partial charge in [-0.2, -0.15) is 0 Å². The molecule has 8 aromatic rings. The highest BCUT2D eigenvalue weighted by molar-refractivity contribution is 7.80. The molecule has 1 fully saturated rings. The van der Waals surface area contributed by atoms with E-state index >= 15 is 9.59 Å². The van der Waals surface area contributed by atoms with Crippen molar-refractivity contribution in [3.8, 4) is 0 Å². The Morgan fingerprint density at radius 1 is 0.379 bits per heavy atom. The van der Waals surface area contributed by atoms with Gasteiger partial charge in [-0.3, -0.25) is 9.59 Å². The summed E-state index contributed by atoms with van der Waals surface area (Å²) in [5.74, 6) is -0.547. The lowest BCUT2D eigenvalue weighted by atomic mass is 9.61. The molecule has 284 valence electrons. The van der Waals surface area contributed by atoms with Crippen molar-refractivity contribution in [1.82, 2.24) is 0 Å². The van der Waals surface area contributed by atoms with Crippen LogP contribution in [0.3, 0.4) is 0 Å². The van der Waals surface area contributed by atoms with Gasteiger partial charge in [-0.25, -0.2) is 0 Å². The Kier molecular flexibility index (Phi) is 10.5. The minimum Gasteiger partial charge on any atom is -0.317 e.